The molecule has 0 amide bonds. The number of rotatable bonds is 2. The van der Waals surface area contributed by atoms with Crippen molar-refractivity contribution < 1.29 is 8.78 Å². The minimum absolute atomic E-state index is 0.275. The quantitative estimate of drug-likeness (QED) is 0.844. The number of aromatic nitrogens is 1. The van der Waals surface area contributed by atoms with Crippen LogP contribution in [0.1, 0.15) is 5.56 Å². The van der Waals surface area contributed by atoms with Crippen LogP contribution in [0.2, 0.25) is 0 Å². The van der Waals surface area contributed by atoms with Crippen LogP contribution >= 0.6 is 0 Å². The van der Waals surface area contributed by atoms with Crippen molar-refractivity contribution in [2.45, 2.75) is 6.54 Å². The van der Waals surface area contributed by atoms with Crippen LogP contribution in [0, 0.1) is 11.6 Å². The van der Waals surface area contributed by atoms with E-state index >= 15 is 0 Å². The predicted octanol–water partition coefficient (Wildman–Crippen LogP) is 2.49. The largest absolute Gasteiger partial charge is 0.326 e. The van der Waals surface area contributed by atoms with Gasteiger partial charge in [0.15, 0.2) is 0 Å². The zero-order chi connectivity index (χ0) is 11.5. The van der Waals surface area contributed by atoms with Crippen molar-refractivity contribution in [2.24, 2.45) is 5.73 Å². The Kier molecular flexibility index (Phi) is 2.92. The Bertz CT molecular complexity index is 512. The third-order valence-electron chi connectivity index (χ3n) is 2.27. The molecule has 0 saturated heterocycles. The maximum atomic E-state index is 13.5. The molecule has 0 aliphatic carbocycles. The average Bonchev–Trinajstić information content (AvgIpc) is 2.29. The van der Waals surface area contributed by atoms with Gasteiger partial charge in [0.25, 0.3) is 0 Å². The fourth-order valence-corrected chi connectivity index (χ4v) is 1.45. The van der Waals surface area contributed by atoms with E-state index in [0.29, 0.717) is 12.2 Å². The molecule has 0 fully saturated rings. The second-order valence-electron chi connectivity index (χ2n) is 3.38. The van der Waals surface area contributed by atoms with Crippen LogP contribution in [0.3, 0.4) is 0 Å². The van der Waals surface area contributed by atoms with Crippen molar-refractivity contribution in [1.82, 2.24) is 4.98 Å². The van der Waals surface area contributed by atoms with Crippen molar-refractivity contribution in [2.75, 3.05) is 0 Å². The van der Waals surface area contributed by atoms with E-state index in [0.717, 1.165) is 11.6 Å². The van der Waals surface area contributed by atoms with Gasteiger partial charge in [0.1, 0.15) is 11.6 Å². The molecule has 0 atom stereocenters. The fourth-order valence-electron chi connectivity index (χ4n) is 1.45. The topological polar surface area (TPSA) is 38.9 Å². The summed E-state index contributed by atoms with van der Waals surface area (Å²) in [7, 11) is 0. The van der Waals surface area contributed by atoms with E-state index in [2.05, 4.69) is 4.98 Å². The molecule has 16 heavy (non-hydrogen) atoms. The number of halogens is 2. The molecule has 2 N–H and O–H groups in total. The lowest BCUT2D eigenvalue weighted by atomic mass is 10.1. The van der Waals surface area contributed by atoms with Gasteiger partial charge >= 0.3 is 0 Å². The standard InChI is InChI=1S/C12H10F2N2/c13-9-1-2-10(11(14)6-9)12-5-8(7-15)3-4-16-12/h1-6H,7,15H2. The van der Waals surface area contributed by atoms with Gasteiger partial charge in [-0.1, -0.05) is 0 Å². The molecular formula is C12H10F2N2. The van der Waals surface area contributed by atoms with Crippen LogP contribution in [-0.2, 0) is 6.54 Å². The van der Waals surface area contributed by atoms with Crippen LogP contribution in [-0.4, -0.2) is 4.98 Å². The van der Waals surface area contributed by atoms with E-state index in [1.165, 1.54) is 12.1 Å². The van der Waals surface area contributed by atoms with Gasteiger partial charge in [-0.2, -0.15) is 0 Å². The average molecular weight is 220 g/mol. The molecule has 1 aromatic carbocycles. The molecule has 0 saturated carbocycles. The third kappa shape index (κ3) is 2.06. The summed E-state index contributed by atoms with van der Waals surface area (Å²) in [6.45, 7) is 0.359. The highest BCUT2D eigenvalue weighted by molar-refractivity contribution is 5.60. The van der Waals surface area contributed by atoms with Crippen LogP contribution in [0.4, 0.5) is 8.78 Å². The molecule has 0 aliphatic rings. The lowest BCUT2D eigenvalue weighted by Gasteiger charge is -2.04. The number of hydrogen-bond donors (Lipinski definition) is 1. The van der Waals surface area contributed by atoms with Crippen molar-refractivity contribution in [3.8, 4) is 11.3 Å². The summed E-state index contributed by atoms with van der Waals surface area (Å²) < 4.78 is 26.2. The summed E-state index contributed by atoms with van der Waals surface area (Å²) in [6.07, 6.45) is 1.56. The number of hydrogen-bond acceptors (Lipinski definition) is 2. The van der Waals surface area contributed by atoms with Crippen LogP contribution in [0.5, 0.6) is 0 Å². The van der Waals surface area contributed by atoms with Crippen LogP contribution in [0.15, 0.2) is 36.5 Å². The highest BCUT2D eigenvalue weighted by Crippen LogP contribution is 2.21. The Labute approximate surface area is 91.7 Å². The van der Waals surface area contributed by atoms with Gasteiger partial charge in [-0.25, -0.2) is 8.78 Å². The van der Waals surface area contributed by atoms with E-state index in [1.54, 1.807) is 18.3 Å². The van der Waals surface area contributed by atoms with E-state index in [9.17, 15) is 8.78 Å². The summed E-state index contributed by atoms with van der Waals surface area (Å²) in [5, 5.41) is 0. The SMILES string of the molecule is NCc1ccnc(-c2ccc(F)cc2F)c1. The number of pyridine rings is 1. The number of nitrogens with zero attached hydrogens (tertiary/aromatic N) is 1. The summed E-state index contributed by atoms with van der Waals surface area (Å²) in [6, 6.07) is 6.86. The first kappa shape index (κ1) is 10.7. The van der Waals surface area contributed by atoms with E-state index in [4.69, 9.17) is 5.73 Å². The van der Waals surface area contributed by atoms with Gasteiger partial charge in [0.05, 0.1) is 5.69 Å². The molecule has 4 heteroatoms. The molecular weight excluding hydrogens is 210 g/mol. The minimum Gasteiger partial charge on any atom is -0.326 e. The zero-order valence-corrected chi connectivity index (χ0v) is 8.45. The number of nitrogens with two attached hydrogens (primary N) is 1. The van der Waals surface area contributed by atoms with Crippen molar-refractivity contribution in [3.63, 3.8) is 0 Å². The molecule has 2 aromatic rings. The van der Waals surface area contributed by atoms with Gasteiger partial charge in [-0.05, 0) is 29.8 Å². The summed E-state index contributed by atoms with van der Waals surface area (Å²) >= 11 is 0. The smallest absolute Gasteiger partial charge is 0.135 e. The van der Waals surface area contributed by atoms with E-state index < -0.39 is 11.6 Å². The molecule has 0 bridgehead atoms. The summed E-state index contributed by atoms with van der Waals surface area (Å²) in [5.41, 5.74) is 7.07. The first-order valence-corrected chi connectivity index (χ1v) is 4.81. The monoisotopic (exact) mass is 220 g/mol. The van der Waals surface area contributed by atoms with E-state index in [1.807, 2.05) is 0 Å². The molecule has 0 radical (unpaired) electrons. The zero-order valence-electron chi connectivity index (χ0n) is 8.45. The molecule has 0 unspecified atom stereocenters. The van der Waals surface area contributed by atoms with Crippen molar-refractivity contribution >= 4 is 0 Å². The predicted molar refractivity (Wildman–Crippen MR) is 57.5 cm³/mol. The minimum atomic E-state index is -0.623. The van der Waals surface area contributed by atoms with Gasteiger partial charge in [0, 0.05) is 24.4 Å². The molecule has 2 rings (SSSR count). The lowest BCUT2D eigenvalue weighted by molar-refractivity contribution is 0.585. The van der Waals surface area contributed by atoms with Gasteiger partial charge < -0.3 is 5.73 Å². The Morgan fingerprint density at radius 3 is 2.62 bits per heavy atom. The maximum absolute atomic E-state index is 13.5. The van der Waals surface area contributed by atoms with E-state index in [-0.39, 0.29) is 5.56 Å². The van der Waals surface area contributed by atoms with Gasteiger partial charge in [0.2, 0.25) is 0 Å². The van der Waals surface area contributed by atoms with Crippen molar-refractivity contribution in [1.29, 1.82) is 0 Å². The molecule has 0 spiro atoms. The van der Waals surface area contributed by atoms with Crippen LogP contribution < -0.4 is 5.73 Å². The van der Waals surface area contributed by atoms with Crippen molar-refractivity contribution in [3.05, 3.63) is 53.7 Å². The maximum Gasteiger partial charge on any atom is 0.135 e. The first-order chi connectivity index (χ1) is 7.70. The third-order valence-corrected chi connectivity index (χ3v) is 2.27. The second-order valence-corrected chi connectivity index (χ2v) is 3.38. The molecule has 82 valence electrons. The molecule has 1 heterocycles. The first-order valence-electron chi connectivity index (χ1n) is 4.81. The highest BCUT2D eigenvalue weighted by atomic mass is 19.1. The van der Waals surface area contributed by atoms with Crippen LogP contribution in [0.25, 0.3) is 11.3 Å². The fraction of sp³-hybridized carbons (Fsp3) is 0.0833. The molecule has 1 aromatic heterocycles. The van der Waals surface area contributed by atoms with Gasteiger partial charge in [-0.3, -0.25) is 4.98 Å². The second kappa shape index (κ2) is 4.37. The Hall–Kier alpha value is -1.81. The Morgan fingerprint density at radius 1 is 1.12 bits per heavy atom. The normalized spacial score (nSPS) is 10.4. The lowest BCUT2D eigenvalue weighted by Crippen LogP contribution is -1.97. The molecule has 2 nitrogen and oxygen atoms in total. The number of benzene rings is 1. The Morgan fingerprint density at radius 2 is 1.94 bits per heavy atom. The van der Waals surface area contributed by atoms with Gasteiger partial charge in [-0.15, -0.1) is 0 Å². The molecule has 0 aliphatic heterocycles. The summed E-state index contributed by atoms with van der Waals surface area (Å²) in [4.78, 5) is 4.03. The summed E-state index contributed by atoms with van der Waals surface area (Å²) in [5.74, 6) is -1.22. The Balaban J connectivity index is 2.49. The highest BCUT2D eigenvalue weighted by Gasteiger charge is 2.07.